The molecule has 0 saturated carbocycles. The number of allylic oxidation sites excluding steroid dienone is 2. The number of piperidine rings is 1. The molecule has 0 aromatic heterocycles. The van der Waals surface area contributed by atoms with Crippen LogP contribution < -0.4 is 14.2 Å². The Hall–Kier alpha value is -2.47. The van der Waals surface area contributed by atoms with Gasteiger partial charge < -0.3 is 18.9 Å². The van der Waals surface area contributed by atoms with E-state index in [2.05, 4.69) is 4.90 Å². The predicted molar refractivity (Wildman–Crippen MR) is 105 cm³/mol. The van der Waals surface area contributed by atoms with Crippen LogP contribution in [0.5, 0.6) is 17.2 Å². The molecule has 1 saturated heterocycles. The molecule has 4 rings (SSSR count). The van der Waals surface area contributed by atoms with E-state index in [1.54, 1.807) is 27.4 Å². The Labute approximate surface area is 167 Å². The van der Waals surface area contributed by atoms with Gasteiger partial charge in [-0.2, -0.15) is 0 Å². The number of rotatable bonds is 4. The van der Waals surface area contributed by atoms with E-state index in [4.69, 9.17) is 20.3 Å². The third-order valence-corrected chi connectivity index (χ3v) is 6.24. The number of methoxy groups -OCH3 is 4. The quantitative estimate of drug-likeness (QED) is 0.789. The van der Waals surface area contributed by atoms with Crippen LogP contribution >= 0.6 is 0 Å². The first-order valence-corrected chi connectivity index (χ1v) is 9.41. The van der Waals surface area contributed by atoms with Crippen LogP contribution in [0.2, 0.25) is 0 Å². The number of ether oxygens (including phenoxy) is 4. The molecule has 0 amide bonds. The number of aryl methyl sites for hydroxylation is 1. The summed E-state index contributed by atoms with van der Waals surface area (Å²) in [5.74, 6) is 1.88. The van der Waals surface area contributed by atoms with E-state index in [-0.39, 0.29) is 11.8 Å². The van der Waals surface area contributed by atoms with E-state index < -0.39 is 11.9 Å². The van der Waals surface area contributed by atoms with E-state index >= 15 is 0 Å². The van der Waals surface area contributed by atoms with Crippen molar-refractivity contribution in [1.29, 1.82) is 0 Å². The Bertz CT molecular complexity index is 924. The third kappa shape index (κ3) is 2.47. The van der Waals surface area contributed by atoms with Crippen molar-refractivity contribution < 1.29 is 25.1 Å². The summed E-state index contributed by atoms with van der Waals surface area (Å²) in [4.78, 5) is 14.7. The number of hydrogen-bond donors (Lipinski definition) is 0. The predicted octanol–water partition coefficient (Wildman–Crippen LogP) is 2.64. The zero-order valence-corrected chi connectivity index (χ0v) is 17.0. The molecule has 0 spiro atoms. The highest BCUT2D eigenvalue weighted by Gasteiger charge is 2.51. The minimum Gasteiger partial charge on any atom is -0.493 e. The molecule has 1 unspecified atom stereocenters. The van der Waals surface area contributed by atoms with Crippen molar-refractivity contribution in [2.24, 2.45) is 0 Å². The lowest BCUT2D eigenvalue weighted by molar-refractivity contribution is -0.114. The van der Waals surface area contributed by atoms with Gasteiger partial charge >= 0.3 is 0 Å². The first kappa shape index (κ1) is 17.6. The fourth-order valence-corrected chi connectivity index (χ4v) is 4.95. The fraction of sp³-hybridized carbons (Fsp3) is 0.500. The van der Waals surface area contributed by atoms with Crippen LogP contribution in [0.4, 0.5) is 0 Å². The number of likely N-dealkylation sites (N-methyl/N-ethyl adjacent to an activating group) is 1. The zero-order chi connectivity index (χ0) is 20.9. The van der Waals surface area contributed by atoms with Crippen molar-refractivity contribution in [3.05, 3.63) is 40.7 Å². The number of likely N-dealkylation sites (tertiary alicyclic amines) is 1. The van der Waals surface area contributed by atoms with Crippen molar-refractivity contribution in [2.75, 3.05) is 42.0 Å². The second kappa shape index (κ2) is 6.85. The zero-order valence-electron chi connectivity index (χ0n) is 18.0. The van der Waals surface area contributed by atoms with E-state index in [0.29, 0.717) is 29.4 Å². The Morgan fingerprint density at radius 1 is 1.18 bits per heavy atom. The number of fused-ring (bicyclic) bond motifs is 1. The number of carbonyl (C=O) groups excluding carboxylic acids is 1. The maximum atomic E-state index is 12.7. The molecule has 2 aliphatic carbocycles. The lowest BCUT2D eigenvalue weighted by Gasteiger charge is -2.47. The molecule has 1 aromatic carbocycles. The molecule has 2 bridgehead atoms. The lowest BCUT2D eigenvalue weighted by Crippen LogP contribution is -2.49. The highest BCUT2D eigenvalue weighted by atomic mass is 16.5. The largest absolute Gasteiger partial charge is 0.493 e. The molecular formula is C22H27NO5. The molecule has 3 aliphatic rings. The summed E-state index contributed by atoms with van der Waals surface area (Å²) in [7, 11) is 8.28. The minimum absolute atomic E-state index is 0.0149. The second-order valence-electron chi connectivity index (χ2n) is 7.43. The summed E-state index contributed by atoms with van der Waals surface area (Å²) >= 11 is 0. The third-order valence-electron chi connectivity index (χ3n) is 6.24. The summed E-state index contributed by atoms with van der Waals surface area (Å²) in [5.41, 5.74) is 2.35. The average Bonchev–Trinajstić information content (AvgIpc) is 2.82. The number of hydrogen-bond acceptors (Lipinski definition) is 6. The van der Waals surface area contributed by atoms with Gasteiger partial charge in [-0.15, -0.1) is 0 Å². The minimum atomic E-state index is -0.667. The summed E-state index contributed by atoms with van der Waals surface area (Å²) in [5, 5.41) is 0. The molecule has 0 N–H and O–H groups in total. The van der Waals surface area contributed by atoms with Crippen molar-refractivity contribution in [3.8, 4) is 17.2 Å². The first-order chi connectivity index (χ1) is 13.9. The van der Waals surface area contributed by atoms with Crippen LogP contribution in [-0.2, 0) is 21.4 Å². The highest BCUT2D eigenvalue weighted by molar-refractivity contribution is 6.05. The molecule has 1 aliphatic heterocycles. The van der Waals surface area contributed by atoms with Gasteiger partial charge in [0.15, 0.2) is 17.3 Å². The van der Waals surface area contributed by atoms with Gasteiger partial charge in [-0.05, 0) is 62.2 Å². The summed E-state index contributed by atoms with van der Waals surface area (Å²) < 4.78 is 31.3. The van der Waals surface area contributed by atoms with Crippen LogP contribution in [0.15, 0.2) is 29.6 Å². The van der Waals surface area contributed by atoms with Gasteiger partial charge in [0.25, 0.3) is 0 Å². The number of ketones is 1. The van der Waals surface area contributed by atoms with Crippen molar-refractivity contribution in [3.63, 3.8) is 0 Å². The van der Waals surface area contributed by atoms with Gasteiger partial charge in [0.05, 0.1) is 28.4 Å². The van der Waals surface area contributed by atoms with Crippen LogP contribution in [0, 0.1) is 0 Å². The van der Waals surface area contributed by atoms with Gasteiger partial charge in [0.1, 0.15) is 0 Å². The van der Waals surface area contributed by atoms with E-state index in [0.717, 1.165) is 29.5 Å². The Morgan fingerprint density at radius 3 is 2.57 bits per heavy atom. The number of benzene rings is 1. The Kier molecular flexibility index (Phi) is 4.31. The summed E-state index contributed by atoms with van der Waals surface area (Å²) in [6.07, 6.45) is 5.67. The van der Waals surface area contributed by atoms with Gasteiger partial charge in [-0.3, -0.25) is 9.69 Å². The van der Waals surface area contributed by atoms with Crippen molar-refractivity contribution in [1.82, 2.24) is 4.90 Å². The molecule has 3 atom stereocenters. The Balaban J connectivity index is 2.10. The van der Waals surface area contributed by atoms with Crippen molar-refractivity contribution in [2.45, 2.75) is 30.7 Å². The molecule has 28 heavy (non-hydrogen) atoms. The number of carbonyl (C=O) groups is 1. The van der Waals surface area contributed by atoms with Gasteiger partial charge in [0.2, 0.25) is 11.5 Å². The summed E-state index contributed by atoms with van der Waals surface area (Å²) in [6, 6.07) is 1.98. The summed E-state index contributed by atoms with van der Waals surface area (Å²) in [6.45, 7) is -0.427. The van der Waals surface area contributed by atoms with E-state index in [1.807, 2.05) is 19.2 Å². The van der Waals surface area contributed by atoms with E-state index in [1.165, 1.54) is 7.11 Å². The number of nitrogens with zero attached hydrogens (tertiary/aromatic N) is 1. The van der Waals surface area contributed by atoms with Crippen molar-refractivity contribution >= 4 is 5.78 Å². The van der Waals surface area contributed by atoms with Crippen LogP contribution in [0.25, 0.3) is 0 Å². The molecule has 1 heterocycles. The standard InChI is InChI=1S/C22H27NO5/c1-23-9-8-22-12-18(26-3)16(24)11-14(22)15(23)7-6-13-10-17(25-2)20(27-4)21(28-5)19(13)22/h10-12,15H,6-9H2,1-5H3/t15-,22?/m0/s1/i9+2T/t9-,15+,22?/m1. The van der Waals surface area contributed by atoms with E-state index in [9.17, 15) is 4.79 Å². The topological polar surface area (TPSA) is 57.2 Å². The maximum absolute atomic E-state index is 12.7. The SMILES string of the molecule is [3H][14C@@H]1CC23C=C(OC)C(=O)C=C2[C@H](CCc2cc(OC)c(OC)c(OC)c23)N1C. The molecule has 150 valence electrons. The monoisotopic (exact) mass is 389 g/mol. The van der Waals surface area contributed by atoms with Gasteiger partial charge in [0, 0.05) is 18.4 Å². The molecule has 0 radical (unpaired) electrons. The molecule has 6 nitrogen and oxygen atoms in total. The lowest BCUT2D eigenvalue weighted by atomic mass is 9.67. The van der Waals surface area contributed by atoms with Crippen LogP contribution in [0.1, 0.15) is 25.3 Å². The maximum Gasteiger partial charge on any atom is 0.220 e. The highest BCUT2D eigenvalue weighted by Crippen LogP contribution is 2.56. The first-order valence-electron chi connectivity index (χ1n) is 9.99. The molecule has 6 heteroatoms. The fourth-order valence-electron chi connectivity index (χ4n) is 4.95. The molecule has 1 fully saturated rings. The second-order valence-corrected chi connectivity index (χ2v) is 7.43. The Morgan fingerprint density at radius 2 is 1.93 bits per heavy atom. The average molecular weight is 389 g/mol. The van der Waals surface area contributed by atoms with Crippen LogP contribution in [0.3, 0.4) is 0 Å². The van der Waals surface area contributed by atoms with Gasteiger partial charge in [-0.1, -0.05) is 0 Å². The van der Waals surface area contributed by atoms with Gasteiger partial charge in [-0.25, -0.2) is 0 Å². The molecule has 1 aromatic rings. The molecular weight excluding hydrogens is 360 g/mol. The normalized spacial score (nSPS) is 29.5. The smallest absolute Gasteiger partial charge is 0.220 e. The van der Waals surface area contributed by atoms with Crippen LogP contribution in [-0.4, -0.2) is 58.7 Å².